The Morgan fingerprint density at radius 1 is 1.09 bits per heavy atom. The minimum Gasteiger partial charge on any atom is -0.475 e. The molecule has 1 aliphatic rings. The molecule has 1 unspecified atom stereocenters. The summed E-state index contributed by atoms with van der Waals surface area (Å²) in [5.74, 6) is -2.90. The SMILES string of the molecule is NCc1cc(OC2CCCN(C(=O)Cc3ccccc3)C2)nc(C(F)(F)F)c1.O=C(O)C(F)(F)F. The average Bonchev–Trinajstić information content (AvgIpc) is 2.79. The van der Waals surface area contributed by atoms with Gasteiger partial charge < -0.3 is 20.5 Å². The molecular weight excluding hydrogens is 484 g/mol. The largest absolute Gasteiger partial charge is 0.490 e. The molecule has 192 valence electrons. The van der Waals surface area contributed by atoms with Crippen LogP contribution in [0.25, 0.3) is 0 Å². The van der Waals surface area contributed by atoms with Gasteiger partial charge in [0.05, 0.1) is 13.0 Å². The number of likely N-dealkylation sites (tertiary alicyclic amines) is 1. The summed E-state index contributed by atoms with van der Waals surface area (Å²) in [6.07, 6.45) is -8.42. The maximum atomic E-state index is 13.0. The van der Waals surface area contributed by atoms with Gasteiger partial charge in [-0.3, -0.25) is 4.79 Å². The van der Waals surface area contributed by atoms with Gasteiger partial charge in [-0.25, -0.2) is 9.78 Å². The van der Waals surface area contributed by atoms with Gasteiger partial charge in [0.15, 0.2) is 0 Å². The van der Waals surface area contributed by atoms with E-state index in [0.717, 1.165) is 11.6 Å². The van der Waals surface area contributed by atoms with E-state index in [0.29, 0.717) is 31.5 Å². The monoisotopic (exact) mass is 507 g/mol. The number of halogens is 6. The van der Waals surface area contributed by atoms with Gasteiger partial charge in [0, 0.05) is 19.2 Å². The molecule has 1 atom stereocenters. The van der Waals surface area contributed by atoms with E-state index >= 15 is 0 Å². The number of hydrogen-bond donors (Lipinski definition) is 2. The molecule has 1 aromatic carbocycles. The molecule has 1 amide bonds. The zero-order valence-electron chi connectivity index (χ0n) is 18.3. The van der Waals surface area contributed by atoms with Crippen LogP contribution in [0, 0.1) is 0 Å². The molecule has 2 aromatic rings. The predicted octanol–water partition coefficient (Wildman–Crippen LogP) is 3.80. The third-order valence-electron chi connectivity index (χ3n) is 4.85. The van der Waals surface area contributed by atoms with Crippen LogP contribution in [0.5, 0.6) is 5.88 Å². The van der Waals surface area contributed by atoms with Crippen molar-refractivity contribution in [1.29, 1.82) is 0 Å². The molecule has 35 heavy (non-hydrogen) atoms. The molecule has 1 saturated heterocycles. The van der Waals surface area contributed by atoms with Crippen molar-refractivity contribution in [2.24, 2.45) is 5.73 Å². The molecule has 0 saturated carbocycles. The second-order valence-corrected chi connectivity index (χ2v) is 7.59. The van der Waals surface area contributed by atoms with Gasteiger partial charge in [-0.2, -0.15) is 26.3 Å². The van der Waals surface area contributed by atoms with E-state index in [4.69, 9.17) is 20.4 Å². The molecule has 1 aromatic heterocycles. The number of carboxylic acid groups (broad SMARTS) is 1. The molecule has 7 nitrogen and oxygen atoms in total. The number of nitrogens with zero attached hydrogens (tertiary/aromatic N) is 2. The van der Waals surface area contributed by atoms with Gasteiger partial charge in [0.1, 0.15) is 11.8 Å². The topological polar surface area (TPSA) is 106 Å². The normalized spacial score (nSPS) is 16.2. The fraction of sp³-hybridized carbons (Fsp3) is 0.409. The highest BCUT2D eigenvalue weighted by atomic mass is 19.4. The van der Waals surface area contributed by atoms with E-state index in [1.165, 1.54) is 6.07 Å². The Hall–Kier alpha value is -3.35. The highest BCUT2D eigenvalue weighted by Crippen LogP contribution is 2.30. The molecule has 0 bridgehead atoms. The number of pyridine rings is 1. The second-order valence-electron chi connectivity index (χ2n) is 7.59. The third-order valence-corrected chi connectivity index (χ3v) is 4.85. The minimum absolute atomic E-state index is 0.0286. The Morgan fingerprint density at radius 3 is 2.26 bits per heavy atom. The lowest BCUT2D eigenvalue weighted by molar-refractivity contribution is -0.192. The maximum absolute atomic E-state index is 13.0. The molecular formula is C22H23F6N3O4. The van der Waals surface area contributed by atoms with Gasteiger partial charge in [-0.1, -0.05) is 30.3 Å². The second kappa shape index (κ2) is 11.9. The summed E-state index contributed by atoms with van der Waals surface area (Å²) in [7, 11) is 0. The lowest BCUT2D eigenvalue weighted by Crippen LogP contribution is -2.45. The van der Waals surface area contributed by atoms with Gasteiger partial charge in [0.25, 0.3) is 0 Å². The van der Waals surface area contributed by atoms with Gasteiger partial charge in [-0.15, -0.1) is 0 Å². The van der Waals surface area contributed by atoms with Crippen LogP contribution in [0.1, 0.15) is 29.7 Å². The summed E-state index contributed by atoms with van der Waals surface area (Å²) in [6.45, 7) is 0.880. The Bertz CT molecular complexity index is 999. The van der Waals surface area contributed by atoms with Crippen LogP contribution < -0.4 is 10.5 Å². The van der Waals surface area contributed by atoms with E-state index in [-0.39, 0.29) is 24.8 Å². The Morgan fingerprint density at radius 2 is 1.71 bits per heavy atom. The number of ether oxygens (including phenoxy) is 1. The summed E-state index contributed by atoms with van der Waals surface area (Å²) >= 11 is 0. The number of aromatic nitrogens is 1. The molecule has 3 N–H and O–H groups in total. The predicted molar refractivity (Wildman–Crippen MR) is 111 cm³/mol. The van der Waals surface area contributed by atoms with Gasteiger partial charge in [-0.05, 0) is 30.0 Å². The number of carbonyl (C=O) groups is 2. The van der Waals surface area contributed by atoms with E-state index in [1.54, 1.807) is 4.90 Å². The molecule has 13 heteroatoms. The van der Waals surface area contributed by atoms with Crippen molar-refractivity contribution in [3.05, 3.63) is 59.3 Å². The number of carboxylic acids is 1. The molecule has 2 heterocycles. The number of hydrogen-bond acceptors (Lipinski definition) is 5. The first-order valence-electron chi connectivity index (χ1n) is 10.4. The molecule has 0 radical (unpaired) electrons. The van der Waals surface area contributed by atoms with Crippen LogP contribution in [-0.4, -0.2) is 52.2 Å². The number of piperidine rings is 1. The first kappa shape index (κ1) is 27.9. The fourth-order valence-corrected chi connectivity index (χ4v) is 3.20. The summed E-state index contributed by atoms with van der Waals surface area (Å²) in [5, 5.41) is 7.12. The van der Waals surface area contributed by atoms with Gasteiger partial charge >= 0.3 is 18.3 Å². The summed E-state index contributed by atoms with van der Waals surface area (Å²) < 4.78 is 76.5. The van der Waals surface area contributed by atoms with Gasteiger partial charge in [0.2, 0.25) is 11.8 Å². The van der Waals surface area contributed by atoms with Crippen LogP contribution in [0.2, 0.25) is 0 Å². The smallest absolute Gasteiger partial charge is 0.475 e. The zero-order chi connectivity index (χ0) is 26.2. The molecule has 1 fully saturated rings. The highest BCUT2D eigenvalue weighted by Gasteiger charge is 2.38. The van der Waals surface area contributed by atoms with E-state index in [9.17, 15) is 31.1 Å². The molecule has 0 spiro atoms. The van der Waals surface area contributed by atoms with Crippen LogP contribution in [-0.2, 0) is 28.7 Å². The molecule has 0 aliphatic carbocycles. The highest BCUT2D eigenvalue weighted by molar-refractivity contribution is 5.78. The first-order chi connectivity index (χ1) is 16.3. The zero-order valence-corrected chi connectivity index (χ0v) is 18.3. The lowest BCUT2D eigenvalue weighted by atomic mass is 10.1. The van der Waals surface area contributed by atoms with Crippen molar-refractivity contribution in [1.82, 2.24) is 9.88 Å². The third kappa shape index (κ3) is 9.08. The van der Waals surface area contributed by atoms with Crippen molar-refractivity contribution in [3.8, 4) is 5.88 Å². The number of aliphatic carboxylic acids is 1. The average molecular weight is 507 g/mol. The van der Waals surface area contributed by atoms with Crippen molar-refractivity contribution >= 4 is 11.9 Å². The number of amides is 1. The Labute approximate surface area is 196 Å². The number of carbonyl (C=O) groups excluding carboxylic acids is 1. The van der Waals surface area contributed by atoms with E-state index < -0.39 is 30.1 Å². The number of nitrogens with two attached hydrogens (primary N) is 1. The Balaban J connectivity index is 0.000000540. The van der Waals surface area contributed by atoms with Crippen molar-refractivity contribution in [2.75, 3.05) is 13.1 Å². The lowest BCUT2D eigenvalue weighted by Gasteiger charge is -2.33. The van der Waals surface area contributed by atoms with E-state index in [2.05, 4.69) is 4.98 Å². The summed E-state index contributed by atoms with van der Waals surface area (Å²) in [6, 6.07) is 11.7. The fourth-order valence-electron chi connectivity index (χ4n) is 3.20. The van der Waals surface area contributed by atoms with Crippen LogP contribution in [0.3, 0.4) is 0 Å². The number of alkyl halides is 6. The molecule has 3 rings (SSSR count). The summed E-state index contributed by atoms with van der Waals surface area (Å²) in [5.41, 5.74) is 5.68. The van der Waals surface area contributed by atoms with Crippen molar-refractivity contribution in [2.45, 2.75) is 44.3 Å². The summed E-state index contributed by atoms with van der Waals surface area (Å²) in [4.78, 5) is 26.7. The standard InChI is InChI=1S/C20H22F3N3O2.C2HF3O2/c21-20(22,23)17-9-15(12-24)10-18(25-17)28-16-7-4-8-26(13-16)19(27)11-14-5-2-1-3-6-14;3-2(4,5)1(6)7/h1-3,5-6,9-10,16H,4,7-8,11-13,24H2;(H,6,7). The first-order valence-corrected chi connectivity index (χ1v) is 10.4. The Kier molecular flexibility index (Phi) is 9.46. The quantitative estimate of drug-likeness (QED) is 0.597. The number of benzene rings is 1. The van der Waals surface area contributed by atoms with Crippen molar-refractivity contribution in [3.63, 3.8) is 0 Å². The van der Waals surface area contributed by atoms with Crippen LogP contribution in [0.4, 0.5) is 26.3 Å². The minimum atomic E-state index is -5.08. The number of rotatable bonds is 5. The van der Waals surface area contributed by atoms with Crippen molar-refractivity contribution < 1.29 is 45.8 Å². The molecule has 1 aliphatic heterocycles. The maximum Gasteiger partial charge on any atom is 0.490 e. The van der Waals surface area contributed by atoms with Crippen LogP contribution in [0.15, 0.2) is 42.5 Å². The van der Waals surface area contributed by atoms with E-state index in [1.807, 2.05) is 30.3 Å². The van der Waals surface area contributed by atoms with Crippen LogP contribution >= 0.6 is 0 Å².